The Labute approximate surface area is 158 Å². The number of allylic oxidation sites excluding steroid dienone is 2. The van der Waals surface area contributed by atoms with Crippen molar-refractivity contribution in [2.45, 2.75) is 25.2 Å². The van der Waals surface area contributed by atoms with Gasteiger partial charge in [-0.05, 0) is 24.8 Å². The molecule has 0 aromatic heterocycles. The van der Waals surface area contributed by atoms with Crippen LogP contribution in [-0.2, 0) is 0 Å². The van der Waals surface area contributed by atoms with Crippen molar-refractivity contribution >= 4 is 0 Å². The van der Waals surface area contributed by atoms with Gasteiger partial charge in [-0.3, -0.25) is 0 Å². The third-order valence-corrected chi connectivity index (χ3v) is 5.57. The van der Waals surface area contributed by atoms with E-state index in [1.54, 1.807) is 24.3 Å². The highest BCUT2D eigenvalue weighted by Crippen LogP contribution is 2.77. The third kappa shape index (κ3) is 2.34. The van der Waals surface area contributed by atoms with Crippen molar-refractivity contribution in [3.63, 3.8) is 0 Å². The quantitative estimate of drug-likeness (QED) is 0.770. The van der Waals surface area contributed by atoms with E-state index in [1.165, 1.54) is 0 Å². The van der Waals surface area contributed by atoms with Crippen molar-refractivity contribution in [1.82, 2.24) is 4.90 Å². The molecule has 0 spiro atoms. The maximum atomic E-state index is 10.2. The predicted molar refractivity (Wildman–Crippen MR) is 94.6 cm³/mol. The number of hydrogen-bond acceptors (Lipinski definition) is 6. The Kier molecular flexibility index (Phi) is 4.57. The number of nitriles is 5. The molecule has 1 aromatic rings. The van der Waals surface area contributed by atoms with E-state index in [4.69, 9.17) is 0 Å². The van der Waals surface area contributed by atoms with Crippen molar-refractivity contribution in [3.8, 4) is 30.3 Å². The summed E-state index contributed by atoms with van der Waals surface area (Å²) in [6.07, 6.45) is 2.77. The zero-order valence-corrected chi connectivity index (χ0v) is 14.7. The Morgan fingerprint density at radius 1 is 0.852 bits per heavy atom. The summed E-state index contributed by atoms with van der Waals surface area (Å²) in [5, 5.41) is 49.1. The van der Waals surface area contributed by atoms with Gasteiger partial charge in [0.1, 0.15) is 17.6 Å². The van der Waals surface area contributed by atoms with Gasteiger partial charge in [0.25, 0.3) is 0 Å². The fourth-order valence-corrected chi connectivity index (χ4v) is 4.33. The first-order chi connectivity index (χ1) is 13.2. The van der Waals surface area contributed by atoms with E-state index in [0.717, 1.165) is 19.3 Å². The average molecular weight is 352 g/mol. The van der Waals surface area contributed by atoms with Crippen LogP contribution in [0.15, 0.2) is 41.6 Å². The van der Waals surface area contributed by atoms with Crippen LogP contribution >= 0.6 is 0 Å². The van der Waals surface area contributed by atoms with Crippen molar-refractivity contribution in [1.29, 1.82) is 26.3 Å². The van der Waals surface area contributed by atoms with Gasteiger partial charge in [-0.2, -0.15) is 26.3 Å². The van der Waals surface area contributed by atoms with Gasteiger partial charge in [-0.25, -0.2) is 0 Å². The Balaban J connectivity index is 2.29. The van der Waals surface area contributed by atoms with E-state index in [2.05, 4.69) is 18.2 Å². The highest BCUT2D eigenvalue weighted by atomic mass is 15.2. The normalized spacial score (nSPS) is 24.9. The second-order valence-corrected chi connectivity index (χ2v) is 6.79. The molecule has 0 amide bonds. The fourth-order valence-electron chi connectivity index (χ4n) is 4.33. The molecule has 2 atom stereocenters. The minimum absolute atomic E-state index is 0.188. The standard InChI is InChI=1S/C21H16N6/c22-11-17(12-23)19(27-9-5-2-6-10-27)21(15-26)18(20(21,13-24)14-25)16-7-3-1-4-8-16/h1,3-4,7-8,18H,2,5-6,9-10H2. The molecule has 2 unspecified atom stereocenters. The molecule has 6 nitrogen and oxygen atoms in total. The lowest BCUT2D eigenvalue weighted by Crippen LogP contribution is -2.35. The van der Waals surface area contributed by atoms with Crippen LogP contribution in [0.4, 0.5) is 0 Å². The van der Waals surface area contributed by atoms with E-state index >= 15 is 0 Å². The lowest BCUT2D eigenvalue weighted by Gasteiger charge is -2.34. The van der Waals surface area contributed by atoms with Gasteiger partial charge in [0, 0.05) is 19.0 Å². The van der Waals surface area contributed by atoms with Crippen LogP contribution in [0.2, 0.25) is 0 Å². The summed E-state index contributed by atoms with van der Waals surface area (Å²) in [4.78, 5) is 1.86. The first kappa shape index (κ1) is 18.0. The van der Waals surface area contributed by atoms with Crippen LogP contribution in [0.1, 0.15) is 30.7 Å². The number of rotatable bonds is 3. The Bertz CT molecular complexity index is 953. The van der Waals surface area contributed by atoms with E-state index in [1.807, 2.05) is 23.1 Å². The SMILES string of the molecule is N#CC(C#N)=C(N1CCCCC1)C1(C#N)C(c2ccccc2)C1(C#N)C#N. The summed E-state index contributed by atoms with van der Waals surface area (Å²) >= 11 is 0. The van der Waals surface area contributed by atoms with Gasteiger partial charge in [0.05, 0.1) is 23.9 Å². The molecule has 1 aliphatic carbocycles. The number of benzene rings is 1. The van der Waals surface area contributed by atoms with Crippen molar-refractivity contribution in [2.75, 3.05) is 13.1 Å². The molecular weight excluding hydrogens is 336 g/mol. The van der Waals surface area contributed by atoms with Gasteiger partial charge in [0.15, 0.2) is 11.0 Å². The summed E-state index contributed by atoms with van der Waals surface area (Å²) in [5.74, 6) is -0.708. The van der Waals surface area contributed by atoms with Gasteiger partial charge >= 0.3 is 0 Å². The highest BCUT2D eigenvalue weighted by Gasteiger charge is 2.83. The van der Waals surface area contributed by atoms with Crippen LogP contribution in [0, 0.1) is 67.5 Å². The smallest absolute Gasteiger partial charge is 0.177 e. The molecule has 3 rings (SSSR count). The number of hydrogen-bond donors (Lipinski definition) is 0. The molecule has 0 radical (unpaired) electrons. The average Bonchev–Trinajstić information content (AvgIpc) is 3.35. The summed E-state index contributed by atoms with van der Waals surface area (Å²) in [6, 6.07) is 19.0. The van der Waals surface area contributed by atoms with Gasteiger partial charge in [0.2, 0.25) is 0 Å². The lowest BCUT2D eigenvalue weighted by molar-refractivity contribution is 0.254. The minimum atomic E-state index is -1.63. The highest BCUT2D eigenvalue weighted by molar-refractivity contribution is 5.63. The van der Waals surface area contributed by atoms with E-state index in [0.29, 0.717) is 18.7 Å². The molecule has 1 heterocycles. The Morgan fingerprint density at radius 2 is 1.44 bits per heavy atom. The molecule has 0 bridgehead atoms. The summed E-state index contributed by atoms with van der Waals surface area (Å²) in [5.41, 5.74) is -2.42. The second kappa shape index (κ2) is 6.84. The largest absolute Gasteiger partial charge is 0.372 e. The lowest BCUT2D eigenvalue weighted by atomic mass is 9.87. The van der Waals surface area contributed by atoms with Crippen molar-refractivity contribution < 1.29 is 0 Å². The molecule has 1 saturated heterocycles. The molecular formula is C21H16N6. The molecule has 6 heteroatoms. The number of nitrogens with zero attached hydrogens (tertiary/aromatic N) is 6. The zero-order chi connectivity index (χ0) is 19.5. The summed E-state index contributed by atoms with van der Waals surface area (Å²) in [6.45, 7) is 1.19. The van der Waals surface area contributed by atoms with Crippen LogP contribution in [0.25, 0.3) is 0 Å². The molecule has 2 fully saturated rings. The topological polar surface area (TPSA) is 122 Å². The Hall–Kier alpha value is -3.79. The van der Waals surface area contributed by atoms with Crippen LogP contribution in [-0.4, -0.2) is 18.0 Å². The molecule has 27 heavy (non-hydrogen) atoms. The van der Waals surface area contributed by atoms with Crippen LogP contribution in [0.5, 0.6) is 0 Å². The summed E-state index contributed by atoms with van der Waals surface area (Å²) < 4.78 is 0. The molecule has 130 valence electrons. The first-order valence-electron chi connectivity index (χ1n) is 8.75. The fraction of sp³-hybridized carbons (Fsp3) is 0.381. The maximum absolute atomic E-state index is 10.2. The van der Waals surface area contributed by atoms with Gasteiger partial charge in [-0.1, -0.05) is 30.3 Å². The predicted octanol–water partition coefficient (Wildman–Crippen LogP) is 3.11. The Morgan fingerprint density at radius 3 is 1.93 bits per heavy atom. The number of likely N-dealkylation sites (tertiary alicyclic amines) is 1. The summed E-state index contributed by atoms with van der Waals surface area (Å²) in [7, 11) is 0. The molecule has 0 N–H and O–H groups in total. The molecule has 2 aliphatic rings. The zero-order valence-electron chi connectivity index (χ0n) is 14.7. The minimum Gasteiger partial charge on any atom is -0.372 e. The second-order valence-electron chi connectivity index (χ2n) is 6.79. The first-order valence-corrected chi connectivity index (χ1v) is 8.75. The van der Waals surface area contributed by atoms with E-state index in [9.17, 15) is 26.3 Å². The van der Waals surface area contributed by atoms with E-state index in [-0.39, 0.29) is 11.3 Å². The van der Waals surface area contributed by atoms with Gasteiger partial charge in [-0.15, -0.1) is 0 Å². The monoisotopic (exact) mass is 352 g/mol. The van der Waals surface area contributed by atoms with Crippen LogP contribution in [0.3, 0.4) is 0 Å². The molecule has 1 saturated carbocycles. The maximum Gasteiger partial charge on any atom is 0.177 e. The molecule has 1 aromatic carbocycles. The number of piperidine rings is 1. The van der Waals surface area contributed by atoms with Crippen molar-refractivity contribution in [3.05, 3.63) is 47.2 Å². The van der Waals surface area contributed by atoms with E-state index < -0.39 is 16.7 Å². The molecule has 1 aliphatic heterocycles. The van der Waals surface area contributed by atoms with Crippen molar-refractivity contribution in [2.24, 2.45) is 10.8 Å². The third-order valence-electron chi connectivity index (χ3n) is 5.57. The van der Waals surface area contributed by atoms with Crippen LogP contribution < -0.4 is 0 Å². The van der Waals surface area contributed by atoms with Gasteiger partial charge < -0.3 is 4.90 Å².